The maximum absolute atomic E-state index is 13.1. The van der Waals surface area contributed by atoms with Crippen molar-refractivity contribution < 1.29 is 23.5 Å². The van der Waals surface area contributed by atoms with Crippen molar-refractivity contribution in [3.05, 3.63) is 58.9 Å². The quantitative estimate of drug-likeness (QED) is 0.689. The van der Waals surface area contributed by atoms with Gasteiger partial charge in [0.05, 0.1) is 0 Å². The predicted octanol–water partition coefficient (Wildman–Crippen LogP) is 3.18. The molecular formula is C20H15FN4O4S. The third kappa shape index (κ3) is 3.45. The van der Waals surface area contributed by atoms with Gasteiger partial charge in [0.1, 0.15) is 10.8 Å². The van der Waals surface area contributed by atoms with Crippen LogP contribution < -0.4 is 19.7 Å². The molecule has 0 bridgehead atoms. The molecule has 1 atom stereocenters. The van der Waals surface area contributed by atoms with Crippen LogP contribution in [0, 0.1) is 5.82 Å². The van der Waals surface area contributed by atoms with Crippen LogP contribution in [0.3, 0.4) is 0 Å². The normalized spacial score (nSPS) is 17.4. The molecule has 10 heteroatoms. The molecule has 1 aromatic heterocycles. The molecule has 0 spiro atoms. The summed E-state index contributed by atoms with van der Waals surface area (Å²) in [4.78, 5) is 26.5. The number of carbonyl (C=O) groups is 2. The summed E-state index contributed by atoms with van der Waals surface area (Å²) < 4.78 is 23.7. The van der Waals surface area contributed by atoms with E-state index in [1.54, 1.807) is 35.2 Å². The monoisotopic (exact) mass is 426 g/mol. The minimum atomic E-state index is -0.353. The Morgan fingerprint density at radius 2 is 1.93 bits per heavy atom. The molecule has 1 saturated heterocycles. The zero-order chi connectivity index (χ0) is 20.7. The maximum Gasteiger partial charge on any atom is 0.257 e. The van der Waals surface area contributed by atoms with Crippen molar-refractivity contribution in [3.63, 3.8) is 0 Å². The number of benzene rings is 2. The van der Waals surface area contributed by atoms with Gasteiger partial charge in [0.2, 0.25) is 17.8 Å². The lowest BCUT2D eigenvalue weighted by molar-refractivity contribution is -0.117. The van der Waals surface area contributed by atoms with Gasteiger partial charge >= 0.3 is 0 Å². The molecule has 5 rings (SSSR count). The number of amides is 2. The van der Waals surface area contributed by atoms with Gasteiger partial charge in [-0.3, -0.25) is 14.9 Å². The highest BCUT2D eigenvalue weighted by Crippen LogP contribution is 2.35. The number of nitrogens with zero attached hydrogens (tertiary/aromatic N) is 3. The van der Waals surface area contributed by atoms with E-state index in [0.29, 0.717) is 39.4 Å². The lowest BCUT2D eigenvalue weighted by atomic mass is 10.1. The van der Waals surface area contributed by atoms with Gasteiger partial charge in [0.25, 0.3) is 5.91 Å². The maximum atomic E-state index is 13.1. The minimum Gasteiger partial charge on any atom is -0.454 e. The van der Waals surface area contributed by atoms with Gasteiger partial charge < -0.3 is 14.4 Å². The number of rotatable bonds is 4. The van der Waals surface area contributed by atoms with Gasteiger partial charge in [0, 0.05) is 30.1 Å². The molecule has 30 heavy (non-hydrogen) atoms. The van der Waals surface area contributed by atoms with Gasteiger partial charge in [-0.25, -0.2) is 4.39 Å². The molecule has 1 unspecified atom stereocenters. The zero-order valence-corrected chi connectivity index (χ0v) is 16.3. The number of fused-ring (bicyclic) bond motifs is 1. The van der Waals surface area contributed by atoms with Crippen LogP contribution in [0.15, 0.2) is 42.5 Å². The van der Waals surface area contributed by atoms with E-state index < -0.39 is 0 Å². The van der Waals surface area contributed by atoms with E-state index in [9.17, 15) is 14.0 Å². The molecule has 1 N–H and O–H groups in total. The number of aromatic nitrogens is 2. The molecule has 3 aromatic rings. The fourth-order valence-electron chi connectivity index (χ4n) is 3.40. The van der Waals surface area contributed by atoms with E-state index in [1.165, 1.54) is 23.5 Å². The molecule has 2 aromatic carbocycles. The van der Waals surface area contributed by atoms with E-state index in [2.05, 4.69) is 15.5 Å². The lowest BCUT2D eigenvalue weighted by Crippen LogP contribution is -2.24. The predicted molar refractivity (Wildman–Crippen MR) is 107 cm³/mol. The Balaban J connectivity index is 1.27. The van der Waals surface area contributed by atoms with Crippen LogP contribution in [0.2, 0.25) is 0 Å². The second-order valence-electron chi connectivity index (χ2n) is 6.85. The van der Waals surface area contributed by atoms with Crippen molar-refractivity contribution in [2.24, 2.45) is 0 Å². The minimum absolute atomic E-state index is 0.0623. The molecule has 0 aliphatic carbocycles. The summed E-state index contributed by atoms with van der Waals surface area (Å²) in [6.45, 7) is 0.560. The molecule has 2 amide bonds. The van der Waals surface area contributed by atoms with Crippen LogP contribution in [0.25, 0.3) is 0 Å². The third-order valence-electron chi connectivity index (χ3n) is 4.91. The molecular weight excluding hydrogens is 411 g/mol. The van der Waals surface area contributed by atoms with E-state index in [4.69, 9.17) is 9.47 Å². The summed E-state index contributed by atoms with van der Waals surface area (Å²) in [5.41, 5.74) is 1.05. The summed E-state index contributed by atoms with van der Waals surface area (Å²) in [5, 5.41) is 11.9. The molecule has 0 radical (unpaired) electrons. The number of carbonyl (C=O) groups excluding carboxylic acids is 2. The highest BCUT2D eigenvalue weighted by molar-refractivity contribution is 7.15. The Kier molecular flexibility index (Phi) is 4.55. The van der Waals surface area contributed by atoms with Gasteiger partial charge in [-0.1, -0.05) is 11.3 Å². The summed E-state index contributed by atoms with van der Waals surface area (Å²) in [6, 6.07) is 10.7. The van der Waals surface area contributed by atoms with Crippen LogP contribution in [0.1, 0.15) is 27.7 Å². The largest absolute Gasteiger partial charge is 0.454 e. The highest BCUT2D eigenvalue weighted by Gasteiger charge is 2.34. The summed E-state index contributed by atoms with van der Waals surface area (Å²) in [7, 11) is 0. The summed E-state index contributed by atoms with van der Waals surface area (Å²) in [5.74, 6) is 0.219. The first-order valence-electron chi connectivity index (χ1n) is 9.17. The van der Waals surface area contributed by atoms with Crippen LogP contribution in [-0.2, 0) is 4.79 Å². The number of anilines is 2. The Morgan fingerprint density at radius 3 is 2.77 bits per heavy atom. The molecule has 3 heterocycles. The molecule has 2 aliphatic rings. The lowest BCUT2D eigenvalue weighted by Gasteiger charge is -2.16. The van der Waals surface area contributed by atoms with Crippen molar-refractivity contribution in [1.29, 1.82) is 0 Å². The number of halogens is 1. The Morgan fingerprint density at radius 1 is 1.13 bits per heavy atom. The van der Waals surface area contributed by atoms with Crippen molar-refractivity contribution in [1.82, 2.24) is 10.2 Å². The zero-order valence-electron chi connectivity index (χ0n) is 15.5. The van der Waals surface area contributed by atoms with Crippen LogP contribution >= 0.6 is 11.3 Å². The molecule has 1 fully saturated rings. The number of hydrogen-bond donors (Lipinski definition) is 1. The van der Waals surface area contributed by atoms with E-state index >= 15 is 0 Å². The molecule has 2 aliphatic heterocycles. The fourth-order valence-corrected chi connectivity index (χ4v) is 4.23. The van der Waals surface area contributed by atoms with Gasteiger partial charge in [0.15, 0.2) is 11.5 Å². The Hall–Kier alpha value is -3.53. The third-order valence-corrected chi connectivity index (χ3v) is 5.91. The smallest absolute Gasteiger partial charge is 0.257 e. The van der Waals surface area contributed by atoms with Crippen molar-refractivity contribution in [3.8, 4) is 11.5 Å². The average molecular weight is 426 g/mol. The first-order chi connectivity index (χ1) is 14.6. The van der Waals surface area contributed by atoms with Crippen LogP contribution in [0.5, 0.6) is 11.5 Å². The standard InChI is InChI=1S/C20H15FN4O4S/c21-13-2-4-14(5-3-13)25-9-12(8-17(25)26)19-23-24-20(30-19)22-18(27)11-1-6-15-16(7-11)29-10-28-15/h1-7,12H,8-10H2,(H,22,24,27). The first kappa shape index (κ1) is 18.5. The van der Waals surface area contributed by atoms with E-state index in [0.717, 1.165) is 0 Å². The van der Waals surface area contributed by atoms with Crippen molar-refractivity contribution >= 4 is 34.0 Å². The summed E-state index contributed by atoms with van der Waals surface area (Å²) >= 11 is 1.23. The number of nitrogens with one attached hydrogen (secondary N) is 1. The topological polar surface area (TPSA) is 93.7 Å². The van der Waals surface area contributed by atoms with Crippen LogP contribution in [0.4, 0.5) is 15.2 Å². The van der Waals surface area contributed by atoms with Crippen molar-refractivity contribution in [2.75, 3.05) is 23.6 Å². The van der Waals surface area contributed by atoms with Gasteiger partial charge in [-0.15, -0.1) is 10.2 Å². The van der Waals surface area contributed by atoms with E-state index in [-0.39, 0.29) is 36.8 Å². The summed E-state index contributed by atoms with van der Waals surface area (Å²) in [6.07, 6.45) is 0.280. The molecule has 152 valence electrons. The van der Waals surface area contributed by atoms with Gasteiger partial charge in [-0.2, -0.15) is 0 Å². The second kappa shape index (κ2) is 7.38. The Bertz CT molecular complexity index is 1130. The highest BCUT2D eigenvalue weighted by atomic mass is 32.1. The number of hydrogen-bond acceptors (Lipinski definition) is 7. The molecule has 0 saturated carbocycles. The Labute approximate surface area is 174 Å². The fraction of sp³-hybridized carbons (Fsp3) is 0.200. The average Bonchev–Trinajstić information content (AvgIpc) is 3.47. The first-order valence-corrected chi connectivity index (χ1v) is 9.99. The van der Waals surface area contributed by atoms with Crippen molar-refractivity contribution in [2.45, 2.75) is 12.3 Å². The second-order valence-corrected chi connectivity index (χ2v) is 7.86. The van der Waals surface area contributed by atoms with Crippen LogP contribution in [-0.4, -0.2) is 35.3 Å². The molecule has 8 nitrogen and oxygen atoms in total. The van der Waals surface area contributed by atoms with E-state index in [1.807, 2.05) is 0 Å². The number of ether oxygens (including phenoxy) is 2. The van der Waals surface area contributed by atoms with Gasteiger partial charge in [-0.05, 0) is 42.5 Å². The SMILES string of the molecule is O=C(Nc1nnc(C2CC(=O)N(c3ccc(F)cc3)C2)s1)c1ccc2c(c1)OCO2.